The van der Waals surface area contributed by atoms with E-state index in [4.69, 9.17) is 9.84 Å². The second-order valence-electron chi connectivity index (χ2n) is 12.1. The van der Waals surface area contributed by atoms with Gasteiger partial charge in [-0.05, 0) is 109 Å². The molecule has 1 aromatic heterocycles. The Bertz CT molecular complexity index is 1700. The monoisotopic (exact) mass is 637 g/mol. The van der Waals surface area contributed by atoms with Gasteiger partial charge in [-0.25, -0.2) is 14.4 Å². The number of benzene rings is 3. The lowest BCUT2D eigenvalue weighted by atomic mass is 9.89. The van der Waals surface area contributed by atoms with E-state index < -0.39 is 17.7 Å². The van der Waals surface area contributed by atoms with E-state index >= 15 is 0 Å². The van der Waals surface area contributed by atoms with E-state index in [0.717, 1.165) is 45.5 Å². The standard InChI is InChI=1S/C36H39F4N3O3/c1-21(2)30-16-31(25(6)14-33(30)37)32-13-24(5)23(4)12-27(32)20-43(19-26-10-22(3)11-28(15-26)36(38,39)40)35-41-17-29(18-42-35)46-9-7-8-34(44)45/h10-18,21H,7-9,19-20H2,1-6H3,(H,44,45). The zero-order valence-electron chi connectivity index (χ0n) is 26.9. The highest BCUT2D eigenvalue weighted by Crippen LogP contribution is 2.35. The number of hydrogen-bond acceptors (Lipinski definition) is 5. The number of halogens is 4. The molecular formula is C36H39F4N3O3. The van der Waals surface area contributed by atoms with Gasteiger partial charge < -0.3 is 14.7 Å². The van der Waals surface area contributed by atoms with Crippen LogP contribution >= 0.6 is 0 Å². The van der Waals surface area contributed by atoms with Crippen LogP contribution in [0.25, 0.3) is 11.1 Å². The van der Waals surface area contributed by atoms with Gasteiger partial charge >= 0.3 is 12.1 Å². The Morgan fingerprint density at radius 2 is 1.57 bits per heavy atom. The molecule has 1 N–H and O–H groups in total. The molecule has 0 aliphatic carbocycles. The third kappa shape index (κ3) is 8.62. The maximum Gasteiger partial charge on any atom is 0.416 e. The molecule has 244 valence electrons. The maximum atomic E-state index is 14.9. The maximum absolute atomic E-state index is 14.9. The topological polar surface area (TPSA) is 75.6 Å². The number of alkyl halides is 3. The molecule has 0 saturated heterocycles. The second kappa shape index (κ2) is 14.3. The summed E-state index contributed by atoms with van der Waals surface area (Å²) in [6.07, 6.45) is -1.29. The normalized spacial score (nSPS) is 11.6. The molecule has 0 amide bonds. The van der Waals surface area contributed by atoms with Gasteiger partial charge in [-0.1, -0.05) is 37.6 Å². The largest absolute Gasteiger partial charge is 0.490 e. The Balaban J connectivity index is 1.78. The number of ether oxygens (including phenoxy) is 1. The summed E-state index contributed by atoms with van der Waals surface area (Å²) in [4.78, 5) is 21.6. The Labute approximate surface area is 267 Å². The first-order valence-electron chi connectivity index (χ1n) is 15.1. The molecule has 4 rings (SSSR count). The van der Waals surface area contributed by atoms with Gasteiger partial charge in [-0.2, -0.15) is 13.2 Å². The van der Waals surface area contributed by atoms with Crippen LogP contribution in [0.3, 0.4) is 0 Å². The van der Waals surface area contributed by atoms with E-state index in [1.165, 1.54) is 12.4 Å². The van der Waals surface area contributed by atoms with Crippen molar-refractivity contribution in [1.29, 1.82) is 0 Å². The second-order valence-corrected chi connectivity index (χ2v) is 12.1. The predicted molar refractivity (Wildman–Crippen MR) is 171 cm³/mol. The molecular weight excluding hydrogens is 598 g/mol. The van der Waals surface area contributed by atoms with Crippen molar-refractivity contribution < 1.29 is 32.2 Å². The summed E-state index contributed by atoms with van der Waals surface area (Å²) in [5, 5.41) is 8.85. The zero-order valence-corrected chi connectivity index (χ0v) is 26.9. The number of carboxylic acids is 1. The van der Waals surface area contributed by atoms with Gasteiger partial charge in [0.25, 0.3) is 0 Å². The first kappa shape index (κ1) is 34.4. The molecule has 1 heterocycles. The summed E-state index contributed by atoms with van der Waals surface area (Å²) in [7, 11) is 0. The Morgan fingerprint density at radius 3 is 2.20 bits per heavy atom. The average Bonchev–Trinajstić information content (AvgIpc) is 2.96. The highest BCUT2D eigenvalue weighted by Gasteiger charge is 2.31. The minimum Gasteiger partial charge on any atom is -0.490 e. The first-order chi connectivity index (χ1) is 21.6. The van der Waals surface area contributed by atoms with Crippen molar-refractivity contribution in [2.45, 2.75) is 79.6 Å². The molecule has 46 heavy (non-hydrogen) atoms. The highest BCUT2D eigenvalue weighted by molar-refractivity contribution is 5.73. The van der Waals surface area contributed by atoms with E-state index in [1.54, 1.807) is 24.0 Å². The minimum absolute atomic E-state index is 0.0340. The van der Waals surface area contributed by atoms with Gasteiger partial charge in [-0.3, -0.25) is 4.79 Å². The molecule has 0 radical (unpaired) electrons. The van der Waals surface area contributed by atoms with Gasteiger partial charge in [0.2, 0.25) is 5.95 Å². The van der Waals surface area contributed by atoms with Crippen LogP contribution in [0.5, 0.6) is 5.75 Å². The van der Waals surface area contributed by atoms with E-state index in [-0.39, 0.29) is 43.8 Å². The quantitative estimate of drug-likeness (QED) is 0.123. The molecule has 0 aliphatic heterocycles. The van der Waals surface area contributed by atoms with Gasteiger partial charge in [0.1, 0.15) is 5.82 Å². The minimum atomic E-state index is -4.50. The first-order valence-corrected chi connectivity index (χ1v) is 15.1. The molecule has 0 saturated carbocycles. The highest BCUT2D eigenvalue weighted by atomic mass is 19.4. The zero-order chi connectivity index (χ0) is 33.8. The smallest absolute Gasteiger partial charge is 0.416 e. The number of carboxylic acid groups (broad SMARTS) is 1. The van der Waals surface area contributed by atoms with Crippen LogP contribution in [0.4, 0.5) is 23.5 Å². The number of rotatable bonds is 12. The van der Waals surface area contributed by atoms with Crippen molar-refractivity contribution in [3.05, 3.63) is 105 Å². The van der Waals surface area contributed by atoms with Crippen LogP contribution < -0.4 is 9.64 Å². The Kier molecular flexibility index (Phi) is 10.7. The fourth-order valence-corrected chi connectivity index (χ4v) is 5.38. The van der Waals surface area contributed by atoms with Crippen molar-refractivity contribution in [1.82, 2.24) is 9.97 Å². The molecule has 0 spiro atoms. The number of aryl methyl sites for hydroxylation is 4. The third-order valence-electron chi connectivity index (χ3n) is 7.88. The molecule has 0 aliphatic rings. The van der Waals surface area contributed by atoms with Crippen molar-refractivity contribution in [2.24, 2.45) is 0 Å². The summed E-state index contributed by atoms with van der Waals surface area (Å²) in [5.74, 6) is -0.595. The van der Waals surface area contributed by atoms with Crippen LogP contribution in [-0.2, 0) is 24.1 Å². The lowest BCUT2D eigenvalue weighted by molar-refractivity contribution is -0.138. The fraction of sp³-hybridized carbons (Fsp3) is 0.361. The molecule has 4 aromatic rings. The number of nitrogens with zero attached hydrogens (tertiary/aromatic N) is 3. The average molecular weight is 638 g/mol. The Morgan fingerprint density at radius 1 is 0.891 bits per heavy atom. The number of hydrogen-bond donors (Lipinski definition) is 1. The number of anilines is 1. The van der Waals surface area contributed by atoms with Crippen LogP contribution in [0.1, 0.15) is 77.1 Å². The summed E-state index contributed by atoms with van der Waals surface area (Å²) in [6, 6.07) is 11.5. The van der Waals surface area contributed by atoms with Crippen molar-refractivity contribution >= 4 is 11.9 Å². The van der Waals surface area contributed by atoms with E-state index in [2.05, 4.69) is 16.0 Å². The molecule has 0 unspecified atom stereocenters. The number of aromatic nitrogens is 2. The number of carbonyl (C=O) groups is 1. The van der Waals surface area contributed by atoms with E-state index in [9.17, 15) is 22.4 Å². The third-order valence-corrected chi connectivity index (χ3v) is 7.88. The van der Waals surface area contributed by atoms with Gasteiger partial charge in [0, 0.05) is 19.5 Å². The van der Waals surface area contributed by atoms with E-state index in [1.807, 2.05) is 46.8 Å². The summed E-state index contributed by atoms with van der Waals surface area (Å²) in [6.45, 7) is 11.9. The van der Waals surface area contributed by atoms with Crippen LogP contribution in [0.2, 0.25) is 0 Å². The predicted octanol–water partition coefficient (Wildman–Crippen LogP) is 9.11. The summed E-state index contributed by atoms with van der Waals surface area (Å²) in [5.41, 5.74) is 6.29. The van der Waals surface area contributed by atoms with Crippen LogP contribution in [0.15, 0.2) is 54.9 Å². The van der Waals surface area contributed by atoms with Gasteiger partial charge in [-0.15, -0.1) is 0 Å². The summed E-state index contributed by atoms with van der Waals surface area (Å²) >= 11 is 0. The molecule has 3 aromatic carbocycles. The van der Waals surface area contributed by atoms with Crippen molar-refractivity contribution in [2.75, 3.05) is 11.5 Å². The lowest BCUT2D eigenvalue weighted by Gasteiger charge is -2.26. The van der Waals surface area contributed by atoms with Gasteiger partial charge in [0.15, 0.2) is 5.75 Å². The molecule has 0 fully saturated rings. The SMILES string of the molecule is Cc1cc(CN(Cc2cc(C)c(C)cc2-c2cc(C(C)C)c(F)cc2C)c2ncc(OCCCC(=O)O)cn2)cc(C(F)(F)F)c1. The fourth-order valence-electron chi connectivity index (χ4n) is 5.38. The molecule has 6 nitrogen and oxygen atoms in total. The number of aliphatic carboxylic acids is 1. The van der Waals surface area contributed by atoms with E-state index in [0.29, 0.717) is 28.9 Å². The summed E-state index contributed by atoms with van der Waals surface area (Å²) < 4.78 is 61.7. The van der Waals surface area contributed by atoms with Crippen LogP contribution in [0, 0.1) is 33.5 Å². The Hall–Kier alpha value is -4.47. The van der Waals surface area contributed by atoms with Crippen molar-refractivity contribution in [3.8, 4) is 16.9 Å². The molecule has 10 heteroatoms. The molecule has 0 bridgehead atoms. The molecule has 0 atom stereocenters. The lowest BCUT2D eigenvalue weighted by Crippen LogP contribution is -2.25. The van der Waals surface area contributed by atoms with Crippen LogP contribution in [-0.4, -0.2) is 27.7 Å². The van der Waals surface area contributed by atoms with Gasteiger partial charge in [0.05, 0.1) is 24.6 Å². The van der Waals surface area contributed by atoms with Crippen molar-refractivity contribution in [3.63, 3.8) is 0 Å².